The summed E-state index contributed by atoms with van der Waals surface area (Å²) in [4.78, 5) is 12.5. The second-order valence-electron chi connectivity index (χ2n) is 7.84. The minimum absolute atomic E-state index is 0.151. The molecule has 0 heterocycles. The van der Waals surface area contributed by atoms with Gasteiger partial charge in [-0.1, -0.05) is 64.3 Å². The Morgan fingerprint density at radius 1 is 1.10 bits per heavy atom. The Kier molecular flexibility index (Phi) is 9.46. The molecule has 0 saturated carbocycles. The molecule has 2 aromatic rings. The van der Waals surface area contributed by atoms with Crippen LogP contribution < -0.4 is 14.8 Å². The molecule has 0 aliphatic rings. The van der Waals surface area contributed by atoms with Crippen molar-refractivity contribution in [2.24, 2.45) is 0 Å². The smallest absolute Gasteiger partial charge is 0.248 e. The van der Waals surface area contributed by atoms with Gasteiger partial charge in [0.2, 0.25) is 5.91 Å². The van der Waals surface area contributed by atoms with E-state index in [2.05, 4.69) is 32.2 Å². The first-order valence-electron chi connectivity index (χ1n) is 10.9. The van der Waals surface area contributed by atoms with E-state index in [0.717, 1.165) is 34.5 Å². The molecule has 0 saturated heterocycles. The van der Waals surface area contributed by atoms with Crippen LogP contribution in [0.15, 0.2) is 42.5 Å². The van der Waals surface area contributed by atoms with Crippen LogP contribution >= 0.6 is 0 Å². The normalized spacial score (nSPS) is 11.1. The first-order chi connectivity index (χ1) is 14.5. The molecule has 1 N–H and O–H groups in total. The number of benzene rings is 2. The van der Waals surface area contributed by atoms with Crippen molar-refractivity contribution in [3.05, 3.63) is 59.2 Å². The van der Waals surface area contributed by atoms with Gasteiger partial charge in [-0.15, -0.1) is 0 Å². The van der Waals surface area contributed by atoms with Crippen molar-refractivity contribution in [1.29, 1.82) is 0 Å². The molecule has 2 aromatic carbocycles. The van der Waals surface area contributed by atoms with Crippen LogP contribution in [0.4, 0.5) is 5.69 Å². The van der Waals surface area contributed by atoms with Gasteiger partial charge in [0.25, 0.3) is 0 Å². The summed E-state index contributed by atoms with van der Waals surface area (Å²) in [7, 11) is 1.63. The van der Waals surface area contributed by atoms with Gasteiger partial charge in [-0.25, -0.2) is 0 Å². The molecule has 0 radical (unpaired) electrons. The van der Waals surface area contributed by atoms with E-state index in [1.165, 1.54) is 19.3 Å². The van der Waals surface area contributed by atoms with Crippen LogP contribution in [0, 0.1) is 6.92 Å². The van der Waals surface area contributed by atoms with Crippen molar-refractivity contribution in [3.63, 3.8) is 0 Å². The van der Waals surface area contributed by atoms with E-state index in [0.29, 0.717) is 18.3 Å². The fourth-order valence-electron chi connectivity index (χ4n) is 3.30. The van der Waals surface area contributed by atoms with Crippen LogP contribution in [0.5, 0.6) is 11.5 Å². The third-order valence-electron chi connectivity index (χ3n) is 5.05. The molecular formula is C26H35NO3. The lowest BCUT2D eigenvalue weighted by Gasteiger charge is -2.15. The lowest BCUT2D eigenvalue weighted by molar-refractivity contribution is -0.111. The molecule has 0 aromatic heterocycles. The standard InChI is InChI=1S/C26H35NO3/c1-6-7-8-9-17-30-23-15-13-21(18-24(23)29-5)14-16-25(28)27-26-20(4)11-10-12-22(26)19(2)3/h10-16,18-19H,6-9,17H2,1-5H3,(H,27,28)/b16-14+. The molecule has 4 nitrogen and oxygen atoms in total. The molecule has 0 spiro atoms. The number of unbranched alkanes of at least 4 members (excludes halogenated alkanes) is 3. The van der Waals surface area contributed by atoms with Gasteiger partial charge in [0.05, 0.1) is 13.7 Å². The zero-order valence-electron chi connectivity index (χ0n) is 19.0. The van der Waals surface area contributed by atoms with Gasteiger partial charge >= 0.3 is 0 Å². The Morgan fingerprint density at radius 3 is 2.60 bits per heavy atom. The third-order valence-corrected chi connectivity index (χ3v) is 5.05. The SMILES string of the molecule is CCCCCCOc1ccc(/C=C/C(=O)Nc2c(C)cccc2C(C)C)cc1OC. The summed E-state index contributed by atoms with van der Waals surface area (Å²) in [5, 5.41) is 3.03. The Hall–Kier alpha value is -2.75. The summed E-state index contributed by atoms with van der Waals surface area (Å²) < 4.78 is 11.3. The highest BCUT2D eigenvalue weighted by Crippen LogP contribution is 2.29. The predicted octanol–water partition coefficient (Wildman–Crippen LogP) is 6.74. The number of carbonyl (C=O) groups excluding carboxylic acids is 1. The van der Waals surface area contributed by atoms with E-state index < -0.39 is 0 Å². The van der Waals surface area contributed by atoms with Gasteiger partial charge in [0.15, 0.2) is 11.5 Å². The van der Waals surface area contributed by atoms with Crippen molar-refractivity contribution in [2.75, 3.05) is 19.0 Å². The minimum atomic E-state index is -0.151. The van der Waals surface area contributed by atoms with E-state index in [4.69, 9.17) is 9.47 Å². The molecule has 0 aliphatic heterocycles. The fourth-order valence-corrected chi connectivity index (χ4v) is 3.30. The Balaban J connectivity index is 2.03. The topological polar surface area (TPSA) is 47.6 Å². The maximum atomic E-state index is 12.5. The summed E-state index contributed by atoms with van der Waals surface area (Å²) in [6.45, 7) is 9.14. The number of anilines is 1. The van der Waals surface area contributed by atoms with Crippen molar-refractivity contribution in [2.45, 2.75) is 59.3 Å². The Bertz CT molecular complexity index is 855. The number of hydrogen-bond donors (Lipinski definition) is 1. The minimum Gasteiger partial charge on any atom is -0.493 e. The molecule has 1 amide bonds. The van der Waals surface area contributed by atoms with Gasteiger partial charge in [-0.2, -0.15) is 0 Å². The van der Waals surface area contributed by atoms with Crippen LogP contribution in [-0.2, 0) is 4.79 Å². The van der Waals surface area contributed by atoms with Crippen LogP contribution in [-0.4, -0.2) is 19.6 Å². The molecule has 0 unspecified atom stereocenters. The Morgan fingerprint density at radius 2 is 1.90 bits per heavy atom. The van der Waals surface area contributed by atoms with E-state index >= 15 is 0 Å². The summed E-state index contributed by atoms with van der Waals surface area (Å²) in [6.07, 6.45) is 7.99. The first-order valence-corrected chi connectivity index (χ1v) is 10.9. The highest BCUT2D eigenvalue weighted by molar-refractivity contribution is 6.02. The maximum Gasteiger partial charge on any atom is 0.248 e. The highest BCUT2D eigenvalue weighted by Gasteiger charge is 2.11. The van der Waals surface area contributed by atoms with Crippen molar-refractivity contribution in [3.8, 4) is 11.5 Å². The molecule has 0 aliphatic carbocycles. The maximum absolute atomic E-state index is 12.5. The molecule has 0 fully saturated rings. The zero-order valence-corrected chi connectivity index (χ0v) is 19.0. The molecule has 0 bridgehead atoms. The van der Waals surface area contributed by atoms with E-state index in [-0.39, 0.29) is 5.91 Å². The van der Waals surface area contributed by atoms with Crippen molar-refractivity contribution in [1.82, 2.24) is 0 Å². The second-order valence-corrected chi connectivity index (χ2v) is 7.84. The van der Waals surface area contributed by atoms with E-state index in [1.54, 1.807) is 19.3 Å². The largest absolute Gasteiger partial charge is 0.493 e. The highest BCUT2D eigenvalue weighted by atomic mass is 16.5. The summed E-state index contributed by atoms with van der Waals surface area (Å²) in [5.41, 5.74) is 3.98. The monoisotopic (exact) mass is 409 g/mol. The molecular weight excluding hydrogens is 374 g/mol. The van der Waals surface area contributed by atoms with Gasteiger partial charge in [0.1, 0.15) is 0 Å². The van der Waals surface area contributed by atoms with Crippen molar-refractivity contribution >= 4 is 17.7 Å². The number of carbonyl (C=O) groups is 1. The molecule has 0 atom stereocenters. The lowest BCUT2D eigenvalue weighted by atomic mass is 9.98. The molecule has 4 heteroatoms. The molecule has 30 heavy (non-hydrogen) atoms. The summed E-state index contributed by atoms with van der Waals surface area (Å²) in [5.74, 6) is 1.59. The average molecular weight is 410 g/mol. The number of methoxy groups -OCH3 is 1. The van der Waals surface area contributed by atoms with Crippen LogP contribution in [0.25, 0.3) is 6.08 Å². The lowest BCUT2D eigenvalue weighted by Crippen LogP contribution is -2.11. The van der Waals surface area contributed by atoms with Gasteiger partial charge in [-0.3, -0.25) is 4.79 Å². The van der Waals surface area contributed by atoms with Crippen LogP contribution in [0.3, 0.4) is 0 Å². The average Bonchev–Trinajstić information content (AvgIpc) is 2.73. The zero-order chi connectivity index (χ0) is 21.9. The number of aryl methyl sites for hydroxylation is 1. The van der Waals surface area contributed by atoms with E-state index in [1.807, 2.05) is 37.3 Å². The van der Waals surface area contributed by atoms with E-state index in [9.17, 15) is 4.79 Å². The summed E-state index contributed by atoms with van der Waals surface area (Å²) >= 11 is 0. The quantitative estimate of drug-likeness (QED) is 0.330. The van der Waals surface area contributed by atoms with Crippen molar-refractivity contribution < 1.29 is 14.3 Å². The second kappa shape index (κ2) is 12.1. The van der Waals surface area contributed by atoms with Gasteiger partial charge in [-0.05, 0) is 54.2 Å². The predicted molar refractivity (Wildman–Crippen MR) is 126 cm³/mol. The number of ether oxygens (including phenoxy) is 2. The van der Waals surface area contributed by atoms with Crippen LogP contribution in [0.1, 0.15) is 69.1 Å². The third kappa shape index (κ3) is 6.94. The number of amides is 1. The summed E-state index contributed by atoms with van der Waals surface area (Å²) in [6, 6.07) is 11.8. The fraction of sp³-hybridized carbons (Fsp3) is 0.423. The number of rotatable bonds is 11. The molecule has 162 valence electrons. The number of nitrogens with one attached hydrogen (secondary N) is 1. The van der Waals surface area contributed by atoms with Crippen LogP contribution in [0.2, 0.25) is 0 Å². The van der Waals surface area contributed by atoms with Gasteiger partial charge < -0.3 is 14.8 Å². The Labute approximate surface area is 181 Å². The van der Waals surface area contributed by atoms with Gasteiger partial charge in [0, 0.05) is 11.8 Å². The molecule has 2 rings (SSSR count). The number of hydrogen-bond acceptors (Lipinski definition) is 3. The number of para-hydroxylation sites is 1. The first kappa shape index (κ1) is 23.5.